The van der Waals surface area contributed by atoms with Crippen LogP contribution in [-0.2, 0) is 4.74 Å². The number of rotatable bonds is 1. The van der Waals surface area contributed by atoms with Crippen LogP contribution in [0.25, 0.3) is 5.84 Å². The summed E-state index contributed by atoms with van der Waals surface area (Å²) in [5.74, 6) is 6.56. The predicted octanol–water partition coefficient (Wildman–Crippen LogP) is 0.638. The van der Waals surface area contributed by atoms with E-state index in [9.17, 15) is 4.79 Å². The Morgan fingerprint density at radius 1 is 2.00 bits per heavy atom. The maximum absolute atomic E-state index is 10.1. The second-order valence-corrected chi connectivity index (χ2v) is 0.923. The third kappa shape index (κ3) is 1.57. The van der Waals surface area contributed by atoms with E-state index < -0.39 is 6.09 Å². The van der Waals surface area contributed by atoms with Gasteiger partial charge in [0.15, 0.2) is 0 Å². The van der Waals surface area contributed by atoms with Crippen LogP contribution in [0.5, 0.6) is 0 Å². The molecule has 0 heterocycles. The molecule has 0 unspecified atom stereocenters. The number of nitrogens with zero attached hydrogens (tertiary/aromatic N) is 2. The van der Waals surface area contributed by atoms with Crippen LogP contribution in [0, 0.1) is 0 Å². The molecule has 0 bridgehead atoms. The minimum absolute atomic E-state index is 0.250. The Balaban J connectivity index is 3.62. The third-order valence-electron chi connectivity index (χ3n) is 0.489. The lowest BCUT2D eigenvalue weighted by molar-refractivity contribution is 0.141. The summed E-state index contributed by atoms with van der Waals surface area (Å²) in [7, 11) is 1.16. The molecule has 0 radical (unpaired) electrons. The van der Waals surface area contributed by atoms with Gasteiger partial charge in [-0.05, 0) is 0 Å². The number of hydrogen-bond acceptors (Lipinski definition) is 3. The first kappa shape index (κ1) is 6.90. The number of hydrazone groups is 1. The molecule has 0 aliphatic rings. The highest BCUT2D eigenvalue weighted by Crippen LogP contribution is 1.89. The van der Waals surface area contributed by atoms with Crippen molar-refractivity contribution in [3.8, 4) is 0 Å². The molecule has 0 aromatic rings. The minimum Gasteiger partial charge on any atom is -0.554 e. The fourth-order valence-corrected chi connectivity index (χ4v) is 0.144. The highest BCUT2D eigenvalue weighted by atomic mass is 16.5. The fourth-order valence-electron chi connectivity index (χ4n) is 0.144. The minimum atomic E-state index is -0.847. The zero-order valence-corrected chi connectivity index (χ0v) is 4.42. The smallest absolute Gasteiger partial charge is 0.412 e. The van der Waals surface area contributed by atoms with E-state index >= 15 is 0 Å². The summed E-state index contributed by atoms with van der Waals surface area (Å²) in [4.78, 5) is 10.1. The second kappa shape index (κ2) is 2.98. The van der Waals surface area contributed by atoms with Gasteiger partial charge in [-0.15, -0.1) is 0 Å². The van der Waals surface area contributed by atoms with Crippen molar-refractivity contribution in [1.82, 2.24) is 5.12 Å². The molecule has 5 heteroatoms. The standard InChI is InChI=1S/C3H6N3O2/c1-5-6(4)3(7)8-2/h4H,1H2,2H3/q-1. The van der Waals surface area contributed by atoms with Crippen molar-refractivity contribution >= 4 is 12.8 Å². The second-order valence-electron chi connectivity index (χ2n) is 0.923. The lowest BCUT2D eigenvalue weighted by Crippen LogP contribution is -2.16. The summed E-state index contributed by atoms with van der Waals surface area (Å²) in [6.07, 6.45) is -0.847. The highest BCUT2D eigenvalue weighted by Gasteiger charge is 1.95. The molecule has 5 nitrogen and oxygen atoms in total. The number of carbonyl (C=O) groups excluding carboxylic acids is 1. The molecule has 1 amide bonds. The molecular weight excluding hydrogens is 110 g/mol. The van der Waals surface area contributed by atoms with E-state index in [1.807, 2.05) is 0 Å². The van der Waals surface area contributed by atoms with E-state index in [0.29, 0.717) is 0 Å². The first-order chi connectivity index (χ1) is 3.72. The Kier molecular flexibility index (Phi) is 2.57. The first-order valence-corrected chi connectivity index (χ1v) is 1.78. The summed E-state index contributed by atoms with van der Waals surface area (Å²) in [6.45, 7) is 2.92. The molecule has 0 saturated carbocycles. The van der Waals surface area contributed by atoms with Crippen LogP contribution in [-0.4, -0.2) is 25.0 Å². The van der Waals surface area contributed by atoms with E-state index in [-0.39, 0.29) is 5.12 Å². The molecule has 0 aromatic heterocycles. The summed E-state index contributed by atoms with van der Waals surface area (Å²) in [5.41, 5.74) is 0. The van der Waals surface area contributed by atoms with Gasteiger partial charge < -0.3 is 10.6 Å². The van der Waals surface area contributed by atoms with Gasteiger partial charge in [-0.3, -0.25) is 5.12 Å². The monoisotopic (exact) mass is 116 g/mol. The van der Waals surface area contributed by atoms with Gasteiger partial charge in [0.25, 0.3) is 0 Å². The summed E-state index contributed by atoms with van der Waals surface area (Å²) >= 11 is 0. The fraction of sp³-hybridized carbons (Fsp3) is 0.333. The van der Waals surface area contributed by atoms with Gasteiger partial charge in [0.05, 0.1) is 7.11 Å². The molecule has 0 aliphatic carbocycles. The Morgan fingerprint density at radius 2 is 2.50 bits per heavy atom. The van der Waals surface area contributed by atoms with Crippen LogP contribution in [0.1, 0.15) is 0 Å². The molecule has 8 heavy (non-hydrogen) atoms. The lowest BCUT2D eigenvalue weighted by Gasteiger charge is -2.16. The van der Waals surface area contributed by atoms with Gasteiger partial charge >= 0.3 is 6.09 Å². The number of carbonyl (C=O) groups is 1. The van der Waals surface area contributed by atoms with Crippen LogP contribution >= 0.6 is 0 Å². The van der Waals surface area contributed by atoms with Crippen molar-refractivity contribution in [2.24, 2.45) is 5.10 Å². The maximum atomic E-state index is 10.1. The van der Waals surface area contributed by atoms with Gasteiger partial charge in [-0.1, -0.05) is 0 Å². The Hall–Kier alpha value is -1.10. The zero-order valence-electron chi connectivity index (χ0n) is 4.42. The summed E-state index contributed by atoms with van der Waals surface area (Å²) in [5, 5.41) is 3.18. The van der Waals surface area contributed by atoms with E-state index in [1.165, 1.54) is 0 Å². The molecule has 1 N–H and O–H groups in total. The number of amides is 1. The van der Waals surface area contributed by atoms with E-state index in [0.717, 1.165) is 7.11 Å². The molecule has 0 saturated heterocycles. The zero-order chi connectivity index (χ0) is 6.57. The predicted molar refractivity (Wildman–Crippen MR) is 28.1 cm³/mol. The van der Waals surface area contributed by atoms with Crippen LogP contribution in [0.2, 0.25) is 0 Å². The van der Waals surface area contributed by atoms with Gasteiger partial charge in [0, 0.05) is 6.72 Å². The van der Waals surface area contributed by atoms with Crippen LogP contribution in [0.4, 0.5) is 4.79 Å². The average Bonchev–Trinajstić information content (AvgIpc) is 1.84. The molecule has 0 aliphatic heterocycles. The highest BCUT2D eigenvalue weighted by molar-refractivity contribution is 5.67. The molecule has 0 rings (SSSR count). The van der Waals surface area contributed by atoms with Crippen LogP contribution in [0.15, 0.2) is 5.10 Å². The topological polar surface area (TPSA) is 65.7 Å². The summed E-state index contributed by atoms with van der Waals surface area (Å²) < 4.78 is 4.07. The van der Waals surface area contributed by atoms with Crippen molar-refractivity contribution in [2.75, 3.05) is 7.11 Å². The molecular formula is C3H6N3O2-. The number of hydrogen-bond donors (Lipinski definition) is 0. The van der Waals surface area contributed by atoms with Crippen molar-refractivity contribution in [3.63, 3.8) is 0 Å². The number of methoxy groups -OCH3 is 1. The summed E-state index contributed by atoms with van der Waals surface area (Å²) in [6, 6.07) is 0. The van der Waals surface area contributed by atoms with E-state index in [1.54, 1.807) is 0 Å². The number of nitrogens with one attached hydrogen (secondary N) is 1. The SMILES string of the molecule is C=NN([NH-])C(=O)OC. The molecule has 0 fully saturated rings. The molecule has 0 atom stereocenters. The van der Waals surface area contributed by atoms with E-state index in [4.69, 9.17) is 5.84 Å². The Labute approximate surface area is 46.7 Å². The maximum Gasteiger partial charge on any atom is 0.412 e. The van der Waals surface area contributed by atoms with Crippen molar-refractivity contribution in [2.45, 2.75) is 0 Å². The average molecular weight is 116 g/mol. The quantitative estimate of drug-likeness (QED) is 0.372. The van der Waals surface area contributed by atoms with Crippen molar-refractivity contribution < 1.29 is 9.53 Å². The first-order valence-electron chi connectivity index (χ1n) is 1.78. The van der Waals surface area contributed by atoms with Gasteiger partial charge in [0.1, 0.15) is 0 Å². The number of ether oxygens (including phenoxy) is 1. The van der Waals surface area contributed by atoms with Crippen molar-refractivity contribution in [1.29, 1.82) is 0 Å². The Bertz CT molecular complexity index is 103. The molecule has 0 aromatic carbocycles. The van der Waals surface area contributed by atoms with Crippen LogP contribution < -0.4 is 0 Å². The molecule has 0 spiro atoms. The third-order valence-corrected chi connectivity index (χ3v) is 0.489. The van der Waals surface area contributed by atoms with Crippen LogP contribution in [0.3, 0.4) is 0 Å². The Morgan fingerprint density at radius 3 is 2.62 bits per heavy atom. The largest absolute Gasteiger partial charge is 0.554 e. The van der Waals surface area contributed by atoms with Gasteiger partial charge in [-0.25, -0.2) is 9.90 Å². The van der Waals surface area contributed by atoms with Gasteiger partial charge in [-0.2, -0.15) is 0 Å². The normalized spacial score (nSPS) is 7.75. The molecule has 46 valence electrons. The lowest BCUT2D eigenvalue weighted by atomic mass is 11.2. The van der Waals surface area contributed by atoms with E-state index in [2.05, 4.69) is 16.6 Å². The van der Waals surface area contributed by atoms with Crippen molar-refractivity contribution in [3.05, 3.63) is 5.84 Å². The van der Waals surface area contributed by atoms with Gasteiger partial charge in [0.2, 0.25) is 0 Å².